The Balaban J connectivity index is 0.00000208. The third-order valence-electron chi connectivity index (χ3n) is 3.90. The minimum atomic E-state index is -0.558. The maximum Gasteiger partial charge on any atom is 0.257 e. The lowest BCUT2D eigenvalue weighted by atomic mass is 10.0. The zero-order valence-corrected chi connectivity index (χ0v) is 13.7. The van der Waals surface area contributed by atoms with E-state index in [1.807, 2.05) is 0 Å². The smallest absolute Gasteiger partial charge is 0.257 e. The molecule has 7 nitrogen and oxygen atoms in total. The first kappa shape index (κ1) is 18.0. The molecule has 1 aromatic carbocycles. The molecule has 8 heteroatoms. The zero-order valence-electron chi connectivity index (χ0n) is 12.9. The number of benzene rings is 1. The Morgan fingerprint density at radius 1 is 1.17 bits per heavy atom. The maximum atomic E-state index is 12.3. The number of H-pyrrole nitrogens is 1. The van der Waals surface area contributed by atoms with Crippen LogP contribution >= 0.6 is 12.4 Å². The van der Waals surface area contributed by atoms with Crippen molar-refractivity contribution >= 4 is 35.1 Å². The number of hydrogen-bond donors (Lipinski definition) is 4. The van der Waals surface area contributed by atoms with Crippen molar-refractivity contribution in [2.24, 2.45) is 5.92 Å². The van der Waals surface area contributed by atoms with E-state index in [1.54, 1.807) is 24.3 Å². The van der Waals surface area contributed by atoms with Gasteiger partial charge in [0.05, 0.1) is 6.54 Å². The Bertz CT molecular complexity index is 801. The summed E-state index contributed by atoms with van der Waals surface area (Å²) in [6, 6.07) is 6.97. The van der Waals surface area contributed by atoms with E-state index in [-0.39, 0.29) is 35.9 Å². The maximum absolute atomic E-state index is 12.3. The molecule has 1 aliphatic heterocycles. The highest BCUT2D eigenvalue weighted by Gasteiger charge is 2.18. The second kappa shape index (κ2) is 7.94. The summed E-state index contributed by atoms with van der Waals surface area (Å²) in [6.07, 6.45) is 1.37. The molecule has 24 heavy (non-hydrogen) atoms. The third-order valence-corrected chi connectivity index (χ3v) is 3.90. The van der Waals surface area contributed by atoms with Gasteiger partial charge >= 0.3 is 0 Å². The minimum absolute atomic E-state index is 0. The lowest BCUT2D eigenvalue weighted by Crippen LogP contribution is -2.49. The van der Waals surface area contributed by atoms with Gasteiger partial charge in [-0.1, -0.05) is 12.1 Å². The molecule has 1 aliphatic rings. The molecule has 0 saturated carbocycles. The molecule has 2 amide bonds. The lowest BCUT2D eigenvalue weighted by molar-refractivity contribution is -0.120. The molecule has 4 N–H and O–H groups in total. The summed E-state index contributed by atoms with van der Waals surface area (Å²) in [5, 5.41) is 8.80. The first-order chi connectivity index (χ1) is 11.1. The fourth-order valence-corrected chi connectivity index (χ4v) is 2.41. The predicted octanol–water partition coefficient (Wildman–Crippen LogP) is 0.0153. The van der Waals surface area contributed by atoms with E-state index in [0.29, 0.717) is 23.4 Å². The average molecular weight is 351 g/mol. The third kappa shape index (κ3) is 3.93. The molecule has 1 saturated heterocycles. The molecule has 0 unspecified atom stereocenters. The fraction of sp³-hybridized carbons (Fsp3) is 0.312. The summed E-state index contributed by atoms with van der Waals surface area (Å²) in [4.78, 5) is 39.0. The summed E-state index contributed by atoms with van der Waals surface area (Å²) >= 11 is 0. The quantitative estimate of drug-likeness (QED) is 0.610. The first-order valence-corrected chi connectivity index (χ1v) is 7.51. The normalized spacial score (nSPS) is 13.7. The van der Waals surface area contributed by atoms with Crippen LogP contribution in [0.15, 0.2) is 35.3 Å². The summed E-state index contributed by atoms with van der Waals surface area (Å²) < 4.78 is 0. The Labute approximate surface area is 144 Å². The highest BCUT2D eigenvalue weighted by atomic mass is 35.5. The topological polar surface area (TPSA) is 103 Å². The van der Waals surface area contributed by atoms with Gasteiger partial charge in [0.2, 0.25) is 11.3 Å². The first-order valence-electron chi connectivity index (χ1n) is 7.51. The number of carbonyl (C=O) groups excluding carboxylic acids is 2. The summed E-state index contributed by atoms with van der Waals surface area (Å²) in [6.45, 7) is 2.25. The number of carbonyl (C=O) groups is 2. The van der Waals surface area contributed by atoms with Crippen molar-refractivity contribution in [2.45, 2.75) is 0 Å². The van der Waals surface area contributed by atoms with Crippen LogP contribution in [0, 0.1) is 5.92 Å². The Hall–Kier alpha value is -2.38. The van der Waals surface area contributed by atoms with Crippen molar-refractivity contribution in [1.29, 1.82) is 0 Å². The molecule has 2 heterocycles. The van der Waals surface area contributed by atoms with Crippen molar-refractivity contribution < 1.29 is 9.59 Å². The van der Waals surface area contributed by atoms with Crippen LogP contribution in [0.4, 0.5) is 0 Å². The van der Waals surface area contributed by atoms with Crippen LogP contribution in [0.2, 0.25) is 0 Å². The molecule has 0 spiro atoms. The van der Waals surface area contributed by atoms with Gasteiger partial charge in [0.1, 0.15) is 5.56 Å². The van der Waals surface area contributed by atoms with Gasteiger partial charge in [-0.3, -0.25) is 14.4 Å². The highest BCUT2D eigenvalue weighted by molar-refractivity contribution is 5.98. The highest BCUT2D eigenvalue weighted by Crippen LogP contribution is 2.06. The van der Waals surface area contributed by atoms with Crippen LogP contribution < -0.4 is 21.4 Å². The van der Waals surface area contributed by atoms with Crippen molar-refractivity contribution in [1.82, 2.24) is 20.9 Å². The molecule has 0 atom stereocenters. The summed E-state index contributed by atoms with van der Waals surface area (Å²) in [5.41, 5.74) is 0.318. The number of aromatic nitrogens is 1. The minimum Gasteiger partial charge on any atom is -0.360 e. The number of fused-ring (bicyclic) bond motifs is 1. The van der Waals surface area contributed by atoms with Gasteiger partial charge < -0.3 is 20.9 Å². The Morgan fingerprint density at radius 3 is 2.62 bits per heavy atom. The molecule has 0 aliphatic carbocycles. The summed E-state index contributed by atoms with van der Waals surface area (Å²) in [7, 11) is 0. The van der Waals surface area contributed by atoms with Crippen molar-refractivity contribution in [3.63, 3.8) is 0 Å². The van der Waals surface area contributed by atoms with Crippen LogP contribution in [-0.4, -0.2) is 43.0 Å². The molecular weight excluding hydrogens is 332 g/mol. The van der Waals surface area contributed by atoms with Crippen LogP contribution in [-0.2, 0) is 4.79 Å². The molecule has 3 rings (SSSR count). The number of aromatic amines is 1. The number of halogens is 1. The van der Waals surface area contributed by atoms with Gasteiger partial charge in [0.25, 0.3) is 5.91 Å². The van der Waals surface area contributed by atoms with Crippen molar-refractivity contribution in [3.8, 4) is 0 Å². The molecule has 128 valence electrons. The molecular formula is C16H19ClN4O3. The fourth-order valence-electron chi connectivity index (χ4n) is 2.41. The van der Waals surface area contributed by atoms with Crippen LogP contribution in [0.3, 0.4) is 0 Å². The van der Waals surface area contributed by atoms with E-state index in [2.05, 4.69) is 20.9 Å². The summed E-state index contributed by atoms with van der Waals surface area (Å²) in [5.74, 6) is -0.363. The second-order valence-corrected chi connectivity index (χ2v) is 5.59. The number of rotatable bonds is 5. The average Bonchev–Trinajstić information content (AvgIpc) is 2.52. The molecule has 1 aromatic heterocycles. The van der Waals surface area contributed by atoms with Gasteiger partial charge in [-0.25, -0.2) is 0 Å². The number of nitrogens with one attached hydrogen (secondary N) is 4. The van der Waals surface area contributed by atoms with E-state index >= 15 is 0 Å². The SMILES string of the molecule is Cl.O=C(CNC(=O)c1c[nH]c2ccccc2c1=O)NCC1CNC1. The molecule has 2 aromatic rings. The zero-order chi connectivity index (χ0) is 16.2. The standard InChI is InChI=1S/C16H18N4O3.ClH/c21-14(19-7-10-5-17-6-10)9-20-16(23)12-8-18-13-4-2-1-3-11(13)15(12)22;/h1-4,8,10,17H,5-7,9H2,(H,18,22)(H,19,21)(H,20,23);1H. The van der Waals surface area contributed by atoms with Crippen LogP contribution in [0.1, 0.15) is 10.4 Å². The molecule has 1 fully saturated rings. The number of para-hydroxylation sites is 1. The monoisotopic (exact) mass is 350 g/mol. The van der Waals surface area contributed by atoms with Crippen molar-refractivity contribution in [3.05, 3.63) is 46.2 Å². The number of pyridine rings is 1. The van der Waals surface area contributed by atoms with E-state index in [9.17, 15) is 14.4 Å². The number of hydrogen-bond acceptors (Lipinski definition) is 4. The molecule has 0 bridgehead atoms. The van der Waals surface area contributed by atoms with Crippen molar-refractivity contribution in [2.75, 3.05) is 26.2 Å². The Morgan fingerprint density at radius 2 is 1.92 bits per heavy atom. The Kier molecular flexibility index (Phi) is 5.94. The lowest BCUT2D eigenvalue weighted by Gasteiger charge is -2.27. The van der Waals surface area contributed by atoms with Crippen LogP contribution in [0.25, 0.3) is 10.9 Å². The predicted molar refractivity (Wildman–Crippen MR) is 93.5 cm³/mol. The van der Waals surface area contributed by atoms with E-state index < -0.39 is 5.91 Å². The van der Waals surface area contributed by atoms with Gasteiger partial charge in [-0.2, -0.15) is 0 Å². The largest absolute Gasteiger partial charge is 0.360 e. The van der Waals surface area contributed by atoms with Gasteiger partial charge in [0, 0.05) is 42.7 Å². The van der Waals surface area contributed by atoms with Gasteiger partial charge in [-0.15, -0.1) is 12.4 Å². The van der Waals surface area contributed by atoms with Crippen LogP contribution in [0.5, 0.6) is 0 Å². The molecule has 0 radical (unpaired) electrons. The van der Waals surface area contributed by atoms with E-state index in [1.165, 1.54) is 6.20 Å². The van der Waals surface area contributed by atoms with E-state index in [4.69, 9.17) is 0 Å². The number of amides is 2. The van der Waals surface area contributed by atoms with Gasteiger partial charge in [0.15, 0.2) is 0 Å². The van der Waals surface area contributed by atoms with E-state index in [0.717, 1.165) is 13.1 Å². The van der Waals surface area contributed by atoms with Gasteiger partial charge in [-0.05, 0) is 12.1 Å². The second-order valence-electron chi connectivity index (χ2n) is 5.59.